The van der Waals surface area contributed by atoms with Gasteiger partial charge in [-0.15, -0.1) is 0 Å². The summed E-state index contributed by atoms with van der Waals surface area (Å²) in [5.74, 6) is 0.295. The van der Waals surface area contributed by atoms with Crippen LogP contribution in [0.5, 0.6) is 5.75 Å². The van der Waals surface area contributed by atoms with E-state index in [0.29, 0.717) is 29.4 Å². The predicted octanol–water partition coefficient (Wildman–Crippen LogP) is 1.89. The van der Waals surface area contributed by atoms with Crippen molar-refractivity contribution in [3.63, 3.8) is 0 Å². The summed E-state index contributed by atoms with van der Waals surface area (Å²) in [6.45, 7) is 4.61. The van der Waals surface area contributed by atoms with Crippen molar-refractivity contribution in [3.05, 3.63) is 40.2 Å². The zero-order valence-electron chi connectivity index (χ0n) is 12.3. The third kappa shape index (κ3) is 3.09. The van der Waals surface area contributed by atoms with E-state index in [9.17, 15) is 15.0 Å². The lowest BCUT2D eigenvalue weighted by atomic mass is 9.83. The summed E-state index contributed by atoms with van der Waals surface area (Å²) in [6, 6.07) is 6.22. The number of rotatable bonds is 5. The summed E-state index contributed by atoms with van der Waals surface area (Å²) in [5, 5.41) is 21.2. The van der Waals surface area contributed by atoms with E-state index >= 15 is 0 Å². The maximum Gasteiger partial charge on any atom is 0.248 e. The van der Waals surface area contributed by atoms with E-state index in [4.69, 9.17) is 5.73 Å². The number of aromatic hydroxyl groups is 1. The zero-order chi connectivity index (χ0) is 15.6. The minimum atomic E-state index is -0.692. The van der Waals surface area contributed by atoms with Gasteiger partial charge in [-0.1, -0.05) is 19.9 Å². The second kappa shape index (κ2) is 6.28. The van der Waals surface area contributed by atoms with Crippen LogP contribution in [0, 0.1) is 11.8 Å². The van der Waals surface area contributed by atoms with Gasteiger partial charge in [0.25, 0.3) is 0 Å². The van der Waals surface area contributed by atoms with Gasteiger partial charge in [-0.2, -0.15) is 0 Å². The van der Waals surface area contributed by atoms with Crippen LogP contribution in [0.3, 0.4) is 0 Å². The van der Waals surface area contributed by atoms with E-state index in [2.05, 4.69) is 4.98 Å². The van der Waals surface area contributed by atoms with Crippen molar-refractivity contribution >= 4 is 10.9 Å². The van der Waals surface area contributed by atoms with E-state index in [0.717, 1.165) is 0 Å². The lowest BCUT2D eigenvalue weighted by molar-refractivity contribution is 0.0783. The first-order valence-electron chi connectivity index (χ1n) is 7.18. The Morgan fingerprint density at radius 1 is 1.24 bits per heavy atom. The van der Waals surface area contributed by atoms with Crippen LogP contribution in [0.15, 0.2) is 29.1 Å². The molecule has 0 aliphatic heterocycles. The summed E-state index contributed by atoms with van der Waals surface area (Å²) in [4.78, 5) is 14.0. The van der Waals surface area contributed by atoms with Crippen LogP contribution >= 0.6 is 0 Å². The number of fused-ring (bicyclic) bond motifs is 1. The van der Waals surface area contributed by atoms with E-state index in [1.165, 1.54) is 12.1 Å². The molecule has 0 aliphatic carbocycles. The summed E-state index contributed by atoms with van der Waals surface area (Å²) < 4.78 is 0. The van der Waals surface area contributed by atoms with Crippen molar-refractivity contribution in [1.29, 1.82) is 0 Å². The van der Waals surface area contributed by atoms with Gasteiger partial charge < -0.3 is 20.9 Å². The number of phenols is 1. The lowest BCUT2D eigenvalue weighted by Crippen LogP contribution is -2.22. The molecule has 2 unspecified atom stereocenters. The molecule has 0 saturated heterocycles. The number of phenolic OH excluding ortho intramolecular Hbond substituents is 1. The van der Waals surface area contributed by atoms with Crippen LogP contribution < -0.4 is 11.3 Å². The topological polar surface area (TPSA) is 99.3 Å². The fourth-order valence-corrected chi connectivity index (χ4v) is 2.80. The largest absolute Gasteiger partial charge is 0.506 e. The highest BCUT2D eigenvalue weighted by molar-refractivity contribution is 5.87. The molecule has 114 valence electrons. The molecule has 0 amide bonds. The Hall–Kier alpha value is -1.85. The van der Waals surface area contributed by atoms with Crippen molar-refractivity contribution in [1.82, 2.24) is 4.98 Å². The first-order chi connectivity index (χ1) is 9.95. The van der Waals surface area contributed by atoms with Crippen LogP contribution in [-0.2, 0) is 0 Å². The number of aromatic amines is 1. The molecule has 2 rings (SSSR count). The first-order valence-corrected chi connectivity index (χ1v) is 7.18. The Balaban J connectivity index is 2.55. The SMILES string of the molecule is CC(C)C(CCN)C(O)c1ccc(O)c2[nH]c(=O)ccc12. The van der Waals surface area contributed by atoms with Gasteiger partial charge in [0.1, 0.15) is 5.75 Å². The number of aliphatic hydroxyl groups excluding tert-OH is 1. The molecule has 0 bridgehead atoms. The maximum atomic E-state index is 11.4. The molecular formula is C16H22N2O3. The van der Waals surface area contributed by atoms with Crippen molar-refractivity contribution < 1.29 is 10.2 Å². The van der Waals surface area contributed by atoms with E-state index in [1.54, 1.807) is 12.1 Å². The number of aromatic nitrogens is 1. The summed E-state index contributed by atoms with van der Waals surface area (Å²) in [7, 11) is 0. The number of nitrogens with two attached hydrogens (primary N) is 1. The molecule has 5 heteroatoms. The summed E-state index contributed by atoms with van der Waals surface area (Å²) in [5.41, 5.74) is 6.41. The highest BCUT2D eigenvalue weighted by Gasteiger charge is 2.25. The average Bonchev–Trinajstić information content (AvgIpc) is 2.44. The monoisotopic (exact) mass is 290 g/mol. The smallest absolute Gasteiger partial charge is 0.248 e. The molecule has 2 aromatic rings. The van der Waals surface area contributed by atoms with Crippen LogP contribution in [0.1, 0.15) is 31.9 Å². The van der Waals surface area contributed by atoms with Gasteiger partial charge in [0.05, 0.1) is 11.6 Å². The highest BCUT2D eigenvalue weighted by Crippen LogP contribution is 2.35. The third-order valence-electron chi connectivity index (χ3n) is 3.99. The summed E-state index contributed by atoms with van der Waals surface area (Å²) in [6.07, 6.45) is 0.0208. The second-order valence-corrected chi connectivity index (χ2v) is 5.72. The molecule has 0 aliphatic rings. The molecule has 0 fully saturated rings. The molecule has 1 aromatic carbocycles. The first kappa shape index (κ1) is 15.5. The minimum absolute atomic E-state index is 0.00132. The van der Waals surface area contributed by atoms with Gasteiger partial charge in [0, 0.05) is 11.5 Å². The number of pyridine rings is 1. The average molecular weight is 290 g/mol. The van der Waals surface area contributed by atoms with Gasteiger partial charge >= 0.3 is 0 Å². The molecule has 5 nitrogen and oxygen atoms in total. The van der Waals surface area contributed by atoms with Crippen LogP contribution in [0.2, 0.25) is 0 Å². The number of aliphatic hydroxyl groups is 1. The Labute approximate surface area is 123 Å². The molecule has 0 radical (unpaired) electrons. The minimum Gasteiger partial charge on any atom is -0.506 e. The number of nitrogens with one attached hydrogen (secondary N) is 1. The molecule has 5 N–H and O–H groups in total. The molecule has 2 atom stereocenters. The van der Waals surface area contributed by atoms with Gasteiger partial charge in [-0.05, 0) is 42.5 Å². The number of benzene rings is 1. The van der Waals surface area contributed by atoms with Gasteiger partial charge in [-0.25, -0.2) is 0 Å². The van der Waals surface area contributed by atoms with Crippen molar-refractivity contribution in [3.8, 4) is 5.75 Å². The molecule has 0 saturated carbocycles. The highest BCUT2D eigenvalue weighted by atomic mass is 16.3. The van der Waals surface area contributed by atoms with E-state index < -0.39 is 6.10 Å². The van der Waals surface area contributed by atoms with Crippen molar-refractivity contribution in [2.24, 2.45) is 17.6 Å². The number of hydrogen-bond donors (Lipinski definition) is 4. The van der Waals surface area contributed by atoms with Gasteiger partial charge in [0.15, 0.2) is 0 Å². The molecule has 1 heterocycles. The maximum absolute atomic E-state index is 11.4. The molecule has 21 heavy (non-hydrogen) atoms. The number of hydrogen-bond acceptors (Lipinski definition) is 4. The van der Waals surface area contributed by atoms with E-state index in [1.807, 2.05) is 13.8 Å². The lowest BCUT2D eigenvalue weighted by Gasteiger charge is -2.27. The normalized spacial score (nSPS) is 14.5. The molecular weight excluding hydrogens is 268 g/mol. The Morgan fingerprint density at radius 3 is 2.57 bits per heavy atom. The van der Waals surface area contributed by atoms with Gasteiger partial charge in [-0.3, -0.25) is 4.79 Å². The number of H-pyrrole nitrogens is 1. The van der Waals surface area contributed by atoms with Crippen molar-refractivity contribution in [2.75, 3.05) is 6.54 Å². The van der Waals surface area contributed by atoms with Crippen LogP contribution in [0.4, 0.5) is 0 Å². The molecule has 0 spiro atoms. The Morgan fingerprint density at radius 2 is 1.95 bits per heavy atom. The fraction of sp³-hybridized carbons (Fsp3) is 0.438. The van der Waals surface area contributed by atoms with Crippen LogP contribution in [-0.4, -0.2) is 21.7 Å². The zero-order valence-corrected chi connectivity index (χ0v) is 12.3. The standard InChI is InChI=1S/C16H22N2O3/c1-9(2)10(7-8-17)16(21)12-3-5-13(19)15-11(12)4-6-14(20)18-15/h3-6,9-10,16,19,21H,7-8,17H2,1-2H3,(H,18,20). The van der Waals surface area contributed by atoms with Crippen molar-refractivity contribution in [2.45, 2.75) is 26.4 Å². The third-order valence-corrected chi connectivity index (χ3v) is 3.99. The quantitative estimate of drug-likeness (QED) is 0.675. The Bertz CT molecular complexity index is 679. The predicted molar refractivity (Wildman–Crippen MR) is 83.2 cm³/mol. The van der Waals surface area contributed by atoms with Crippen LogP contribution in [0.25, 0.3) is 10.9 Å². The van der Waals surface area contributed by atoms with E-state index in [-0.39, 0.29) is 23.1 Å². The summed E-state index contributed by atoms with van der Waals surface area (Å²) >= 11 is 0. The second-order valence-electron chi connectivity index (χ2n) is 5.72. The fourth-order valence-electron chi connectivity index (χ4n) is 2.80. The molecule has 1 aromatic heterocycles. The van der Waals surface area contributed by atoms with Gasteiger partial charge in [0.2, 0.25) is 5.56 Å². The Kier molecular flexibility index (Phi) is 4.65.